The zero-order chi connectivity index (χ0) is 21.8. The molecule has 0 bridgehead atoms. The van der Waals surface area contributed by atoms with Gasteiger partial charge in [0.05, 0.1) is 28.9 Å². The predicted octanol–water partition coefficient (Wildman–Crippen LogP) is 2.78. The minimum atomic E-state index is -0.521. The largest absolute Gasteiger partial charge is 0.392 e. The number of nitriles is 1. The second-order valence-corrected chi connectivity index (χ2v) is 7.69. The molecule has 2 N–H and O–H groups in total. The second kappa shape index (κ2) is 9.11. The molecule has 0 radical (unpaired) electrons. The molecular weight excluding hydrogens is 404 g/mol. The zero-order valence-electron chi connectivity index (χ0n) is 17.0. The first-order valence-corrected chi connectivity index (χ1v) is 9.90. The number of hydrogen-bond donors (Lipinski definition) is 2. The maximum absolute atomic E-state index is 12.5. The summed E-state index contributed by atoms with van der Waals surface area (Å²) in [5.41, 5.74) is 2.27. The van der Waals surface area contributed by atoms with E-state index in [-0.39, 0.29) is 11.9 Å². The molecular formula is C21H23ClN6O2. The highest BCUT2D eigenvalue weighted by Gasteiger charge is 2.16. The van der Waals surface area contributed by atoms with Gasteiger partial charge in [0.1, 0.15) is 17.6 Å². The lowest BCUT2D eigenvalue weighted by atomic mass is 10.1. The summed E-state index contributed by atoms with van der Waals surface area (Å²) in [5.74, 6) is 0.396. The van der Waals surface area contributed by atoms with Crippen molar-refractivity contribution in [3.8, 4) is 17.3 Å². The molecule has 0 aliphatic heterocycles. The smallest absolute Gasteiger partial charge is 0.271 e. The molecule has 3 aromatic rings. The fourth-order valence-electron chi connectivity index (χ4n) is 3.09. The van der Waals surface area contributed by atoms with Crippen LogP contribution in [0.25, 0.3) is 11.3 Å². The Morgan fingerprint density at radius 1 is 1.33 bits per heavy atom. The van der Waals surface area contributed by atoms with Crippen molar-refractivity contribution in [1.29, 1.82) is 5.26 Å². The average Bonchev–Trinajstić information content (AvgIpc) is 3.28. The Bertz CT molecular complexity index is 1100. The monoisotopic (exact) mass is 426 g/mol. The molecule has 1 unspecified atom stereocenters. The highest BCUT2D eigenvalue weighted by Crippen LogP contribution is 2.24. The fraction of sp³-hybridized carbons (Fsp3) is 0.333. The summed E-state index contributed by atoms with van der Waals surface area (Å²) in [4.78, 5) is 16.8. The number of aliphatic hydroxyl groups excluding tert-OH is 1. The topological polar surface area (TPSA) is 109 Å². The minimum absolute atomic E-state index is 0.183. The number of nitrogens with one attached hydrogen (secondary N) is 1. The van der Waals surface area contributed by atoms with Gasteiger partial charge in [0, 0.05) is 30.5 Å². The Morgan fingerprint density at radius 2 is 2.10 bits per heavy atom. The first kappa shape index (κ1) is 21.6. The first-order chi connectivity index (χ1) is 14.3. The van der Waals surface area contributed by atoms with E-state index in [9.17, 15) is 9.90 Å². The van der Waals surface area contributed by atoms with Crippen LogP contribution in [0.4, 0.5) is 0 Å². The van der Waals surface area contributed by atoms with Crippen molar-refractivity contribution >= 4 is 17.5 Å². The number of nitrogens with zero attached hydrogens (tertiary/aromatic N) is 5. The maximum atomic E-state index is 12.5. The molecule has 0 aliphatic rings. The van der Waals surface area contributed by atoms with Gasteiger partial charge < -0.3 is 15.0 Å². The highest BCUT2D eigenvalue weighted by molar-refractivity contribution is 6.32. The predicted molar refractivity (Wildman–Crippen MR) is 113 cm³/mol. The van der Waals surface area contributed by atoms with E-state index in [1.165, 1.54) is 0 Å². The number of aryl methyl sites for hydroxylation is 1. The van der Waals surface area contributed by atoms with Gasteiger partial charge in [0.25, 0.3) is 5.91 Å². The van der Waals surface area contributed by atoms with Crippen LogP contribution in [0.2, 0.25) is 5.02 Å². The maximum Gasteiger partial charge on any atom is 0.271 e. The van der Waals surface area contributed by atoms with E-state index in [0.29, 0.717) is 35.2 Å². The van der Waals surface area contributed by atoms with Gasteiger partial charge in [-0.15, -0.1) is 0 Å². The summed E-state index contributed by atoms with van der Waals surface area (Å²) in [7, 11) is 0. The lowest BCUT2D eigenvalue weighted by molar-refractivity contribution is 0.0931. The molecule has 30 heavy (non-hydrogen) atoms. The number of aliphatic hydroxyl groups is 1. The molecule has 0 saturated heterocycles. The lowest BCUT2D eigenvalue weighted by Gasteiger charge is -2.13. The Morgan fingerprint density at radius 3 is 2.77 bits per heavy atom. The van der Waals surface area contributed by atoms with Crippen LogP contribution in [-0.2, 0) is 13.1 Å². The van der Waals surface area contributed by atoms with Crippen molar-refractivity contribution in [3.05, 3.63) is 58.8 Å². The van der Waals surface area contributed by atoms with Crippen LogP contribution in [0, 0.1) is 18.3 Å². The van der Waals surface area contributed by atoms with Crippen molar-refractivity contribution in [2.45, 2.75) is 46.0 Å². The van der Waals surface area contributed by atoms with E-state index in [0.717, 1.165) is 11.3 Å². The molecule has 8 nitrogen and oxygen atoms in total. The van der Waals surface area contributed by atoms with Crippen LogP contribution in [0.15, 0.2) is 36.7 Å². The molecule has 3 rings (SSSR count). The third kappa shape index (κ3) is 5.06. The van der Waals surface area contributed by atoms with Gasteiger partial charge in [0.15, 0.2) is 0 Å². The first-order valence-electron chi connectivity index (χ1n) is 9.53. The van der Waals surface area contributed by atoms with Gasteiger partial charge in [0.2, 0.25) is 0 Å². The van der Waals surface area contributed by atoms with Gasteiger partial charge in [-0.1, -0.05) is 17.7 Å². The molecule has 0 saturated carbocycles. The van der Waals surface area contributed by atoms with Crippen LogP contribution < -0.4 is 5.32 Å². The molecule has 2 atom stereocenters. The molecule has 2 heterocycles. The minimum Gasteiger partial charge on any atom is -0.392 e. The molecule has 0 fully saturated rings. The van der Waals surface area contributed by atoms with Crippen molar-refractivity contribution in [1.82, 2.24) is 24.6 Å². The van der Waals surface area contributed by atoms with Crippen LogP contribution >= 0.6 is 11.6 Å². The van der Waals surface area contributed by atoms with Crippen molar-refractivity contribution in [2.75, 3.05) is 0 Å². The SMILES string of the molecule is Cc1nc(C(=O)NC(C)Cn2ccc(-c3ccc(C#N)c(Cl)c3)n2)cn1C[C@H](C)O. The van der Waals surface area contributed by atoms with E-state index in [2.05, 4.69) is 15.4 Å². The Kier molecular flexibility index (Phi) is 6.55. The number of imidazole rings is 1. The number of aromatic nitrogens is 4. The Hall–Kier alpha value is -3.15. The van der Waals surface area contributed by atoms with Gasteiger partial charge in [-0.05, 0) is 39.0 Å². The number of halogens is 1. The zero-order valence-corrected chi connectivity index (χ0v) is 17.8. The van der Waals surface area contributed by atoms with E-state index >= 15 is 0 Å². The summed E-state index contributed by atoms with van der Waals surface area (Å²) < 4.78 is 3.50. The molecule has 1 aromatic carbocycles. The summed E-state index contributed by atoms with van der Waals surface area (Å²) in [6, 6.07) is 8.88. The van der Waals surface area contributed by atoms with E-state index in [1.54, 1.807) is 47.5 Å². The number of amides is 1. The molecule has 156 valence electrons. The van der Waals surface area contributed by atoms with Crippen LogP contribution in [0.5, 0.6) is 0 Å². The van der Waals surface area contributed by atoms with Crippen LogP contribution in [0.1, 0.15) is 35.7 Å². The number of hydrogen-bond acceptors (Lipinski definition) is 5. The summed E-state index contributed by atoms with van der Waals surface area (Å²) in [6.07, 6.45) is 2.95. The van der Waals surface area contributed by atoms with Crippen molar-refractivity contribution in [3.63, 3.8) is 0 Å². The standard InChI is InChI=1S/C21H23ClN6O2/c1-13(24-21(30)20-12-27(11-14(2)29)15(3)25-20)10-28-7-6-19(26-28)16-4-5-17(9-23)18(22)8-16/h4-8,12-14,29H,10-11H2,1-3H3,(H,24,30)/t13?,14-/m0/s1. The average molecular weight is 427 g/mol. The normalized spacial score (nSPS) is 12.9. The van der Waals surface area contributed by atoms with Gasteiger partial charge in [-0.25, -0.2) is 4.98 Å². The second-order valence-electron chi connectivity index (χ2n) is 7.28. The molecule has 0 spiro atoms. The summed E-state index contributed by atoms with van der Waals surface area (Å²) in [6.45, 7) is 6.23. The van der Waals surface area contributed by atoms with E-state index in [4.69, 9.17) is 16.9 Å². The van der Waals surface area contributed by atoms with Crippen LogP contribution in [-0.4, -0.2) is 42.5 Å². The van der Waals surface area contributed by atoms with Gasteiger partial charge in [-0.2, -0.15) is 10.4 Å². The summed E-state index contributed by atoms with van der Waals surface area (Å²) in [5, 5.41) is 26.3. The van der Waals surface area contributed by atoms with Gasteiger partial charge >= 0.3 is 0 Å². The third-order valence-electron chi connectivity index (χ3n) is 4.53. The number of carbonyl (C=O) groups excluding carboxylic acids is 1. The highest BCUT2D eigenvalue weighted by atomic mass is 35.5. The molecule has 9 heteroatoms. The number of rotatable bonds is 7. The summed E-state index contributed by atoms with van der Waals surface area (Å²) >= 11 is 6.10. The lowest BCUT2D eigenvalue weighted by Crippen LogP contribution is -2.36. The number of benzene rings is 1. The van der Waals surface area contributed by atoms with E-state index in [1.807, 2.05) is 25.3 Å². The van der Waals surface area contributed by atoms with Crippen LogP contribution in [0.3, 0.4) is 0 Å². The molecule has 1 amide bonds. The van der Waals surface area contributed by atoms with Crippen molar-refractivity contribution < 1.29 is 9.90 Å². The Labute approximate surface area is 179 Å². The molecule has 0 aliphatic carbocycles. The van der Waals surface area contributed by atoms with Gasteiger partial charge in [-0.3, -0.25) is 9.48 Å². The fourth-order valence-corrected chi connectivity index (χ4v) is 3.32. The van der Waals surface area contributed by atoms with E-state index < -0.39 is 6.10 Å². The number of carbonyl (C=O) groups is 1. The van der Waals surface area contributed by atoms with Crippen molar-refractivity contribution in [2.24, 2.45) is 0 Å². The molecule has 2 aromatic heterocycles. The Balaban J connectivity index is 1.63. The third-order valence-corrected chi connectivity index (χ3v) is 4.85. The quantitative estimate of drug-likeness (QED) is 0.603.